The van der Waals surface area contributed by atoms with E-state index in [1.54, 1.807) is 13.1 Å². The second kappa shape index (κ2) is 7.16. The Kier molecular flexibility index (Phi) is 4.65. The number of fused-ring (bicyclic) bond motifs is 2. The molecule has 0 fully saturated rings. The van der Waals surface area contributed by atoms with Gasteiger partial charge in [0.1, 0.15) is 5.69 Å². The Morgan fingerprint density at radius 3 is 2.31 bits per heavy atom. The van der Waals surface area contributed by atoms with Crippen molar-refractivity contribution in [3.05, 3.63) is 66.7 Å². The molecule has 0 radical (unpaired) electrons. The van der Waals surface area contributed by atoms with Crippen molar-refractivity contribution in [2.75, 3.05) is 12.4 Å². The highest BCUT2D eigenvalue weighted by molar-refractivity contribution is 7.85. The van der Waals surface area contributed by atoms with E-state index in [0.29, 0.717) is 22.1 Å². The third-order valence-electron chi connectivity index (χ3n) is 4.62. The van der Waals surface area contributed by atoms with Gasteiger partial charge in [0.25, 0.3) is 10.1 Å². The predicted molar refractivity (Wildman–Crippen MR) is 113 cm³/mol. The summed E-state index contributed by atoms with van der Waals surface area (Å²) in [5.41, 5.74) is 1.22. The average Bonchev–Trinajstić information content (AvgIpc) is 2.71. The Morgan fingerprint density at radius 2 is 1.59 bits per heavy atom. The van der Waals surface area contributed by atoms with Crippen molar-refractivity contribution in [1.82, 2.24) is 0 Å². The number of anilines is 1. The van der Waals surface area contributed by atoms with Crippen LogP contribution in [0.1, 0.15) is 0 Å². The summed E-state index contributed by atoms with van der Waals surface area (Å²) < 4.78 is 32.3. The number of rotatable bonds is 4. The molecule has 0 saturated carbocycles. The molecule has 7 nitrogen and oxygen atoms in total. The van der Waals surface area contributed by atoms with Crippen LogP contribution in [0, 0.1) is 0 Å². The van der Waals surface area contributed by atoms with Gasteiger partial charge in [0, 0.05) is 18.1 Å². The van der Waals surface area contributed by atoms with Crippen molar-refractivity contribution >= 4 is 48.7 Å². The first-order valence-electron chi connectivity index (χ1n) is 8.72. The zero-order valence-corrected chi connectivity index (χ0v) is 16.2. The normalized spacial score (nSPS) is 12.1. The van der Waals surface area contributed by atoms with E-state index in [4.69, 9.17) is 0 Å². The Labute approximate surface area is 167 Å². The van der Waals surface area contributed by atoms with Crippen LogP contribution in [-0.2, 0) is 10.1 Å². The number of hydrogen-bond acceptors (Lipinski definition) is 6. The molecule has 0 bridgehead atoms. The first-order chi connectivity index (χ1) is 13.9. The molecular formula is C21H17N3O4S. The number of nitrogens with zero attached hydrogens (tertiary/aromatic N) is 2. The molecule has 0 heterocycles. The first kappa shape index (κ1) is 18.9. The minimum atomic E-state index is -4.38. The number of phenols is 1. The van der Waals surface area contributed by atoms with Gasteiger partial charge in [-0.25, -0.2) is 0 Å². The fourth-order valence-electron chi connectivity index (χ4n) is 3.19. The zero-order chi connectivity index (χ0) is 20.6. The van der Waals surface area contributed by atoms with Crippen LogP contribution in [-0.4, -0.2) is 25.1 Å². The summed E-state index contributed by atoms with van der Waals surface area (Å²) in [7, 11) is -2.79. The monoisotopic (exact) mass is 407 g/mol. The van der Waals surface area contributed by atoms with Crippen molar-refractivity contribution in [3.8, 4) is 5.75 Å². The molecule has 0 saturated heterocycles. The third kappa shape index (κ3) is 3.63. The Bertz CT molecular complexity index is 1380. The molecule has 0 aliphatic heterocycles. The Morgan fingerprint density at radius 1 is 0.862 bits per heavy atom. The van der Waals surface area contributed by atoms with Crippen LogP contribution < -0.4 is 5.32 Å². The van der Waals surface area contributed by atoms with Gasteiger partial charge in [0.05, 0.1) is 10.6 Å². The van der Waals surface area contributed by atoms with Crippen molar-refractivity contribution in [2.45, 2.75) is 4.90 Å². The van der Waals surface area contributed by atoms with Crippen LogP contribution >= 0.6 is 0 Å². The van der Waals surface area contributed by atoms with E-state index in [1.165, 1.54) is 18.2 Å². The molecule has 0 spiro atoms. The lowest BCUT2D eigenvalue weighted by atomic mass is 10.1. The van der Waals surface area contributed by atoms with Gasteiger partial charge >= 0.3 is 0 Å². The fourth-order valence-corrected chi connectivity index (χ4v) is 3.73. The van der Waals surface area contributed by atoms with E-state index in [0.717, 1.165) is 10.8 Å². The highest BCUT2D eigenvalue weighted by Gasteiger charge is 2.17. The topological polar surface area (TPSA) is 111 Å². The van der Waals surface area contributed by atoms with Crippen LogP contribution in [0.15, 0.2) is 81.9 Å². The van der Waals surface area contributed by atoms with Crippen LogP contribution in [0.4, 0.5) is 17.1 Å². The number of azo groups is 1. The predicted octanol–water partition coefficient (Wildman–Crippen LogP) is 5.40. The number of nitrogens with one attached hydrogen (secondary N) is 1. The molecule has 146 valence electrons. The number of hydrogen-bond donors (Lipinski definition) is 3. The number of phenolic OH excluding ortho intramolecular Hbond substituents is 1. The standard InChI is InChI=1S/C21H17N3O4S/c1-22-19-12-17(29(26,27)28)11-15-7-9-18(21(25)20(15)19)24-23-16-8-6-13-4-2-3-5-14(13)10-16/h2-12,22,25H,1H3,(H,26,27,28). The van der Waals surface area contributed by atoms with Crippen LogP contribution in [0.25, 0.3) is 21.5 Å². The van der Waals surface area contributed by atoms with Crippen molar-refractivity contribution < 1.29 is 18.1 Å². The molecule has 0 aromatic heterocycles. The lowest BCUT2D eigenvalue weighted by molar-refractivity contribution is 0.480. The van der Waals surface area contributed by atoms with Gasteiger partial charge in [0.15, 0.2) is 5.75 Å². The van der Waals surface area contributed by atoms with Crippen LogP contribution in [0.5, 0.6) is 5.75 Å². The minimum Gasteiger partial charge on any atom is -0.505 e. The zero-order valence-electron chi connectivity index (χ0n) is 15.4. The molecule has 0 amide bonds. The summed E-state index contributed by atoms with van der Waals surface area (Å²) in [6, 6.07) is 19.3. The molecule has 0 atom stereocenters. The maximum atomic E-state index is 11.5. The van der Waals surface area contributed by atoms with Gasteiger partial charge in [-0.1, -0.05) is 36.4 Å². The first-order valence-corrected chi connectivity index (χ1v) is 10.2. The summed E-state index contributed by atoms with van der Waals surface area (Å²) in [5, 5.41) is 24.9. The van der Waals surface area contributed by atoms with E-state index >= 15 is 0 Å². The molecule has 0 aliphatic carbocycles. The highest BCUT2D eigenvalue weighted by atomic mass is 32.2. The summed E-state index contributed by atoms with van der Waals surface area (Å²) >= 11 is 0. The van der Waals surface area contributed by atoms with Gasteiger partial charge in [0.2, 0.25) is 0 Å². The molecule has 0 unspecified atom stereocenters. The largest absolute Gasteiger partial charge is 0.505 e. The maximum Gasteiger partial charge on any atom is 0.294 e. The van der Waals surface area contributed by atoms with E-state index in [1.807, 2.05) is 42.5 Å². The number of aromatic hydroxyl groups is 1. The van der Waals surface area contributed by atoms with Gasteiger partial charge < -0.3 is 10.4 Å². The van der Waals surface area contributed by atoms with E-state index in [9.17, 15) is 18.1 Å². The molecule has 4 aromatic rings. The summed E-state index contributed by atoms with van der Waals surface area (Å²) in [4.78, 5) is -0.265. The summed E-state index contributed by atoms with van der Waals surface area (Å²) in [6.45, 7) is 0. The van der Waals surface area contributed by atoms with Gasteiger partial charge in [-0.05, 0) is 46.5 Å². The maximum absolute atomic E-state index is 11.5. The lowest BCUT2D eigenvalue weighted by Gasteiger charge is -2.11. The Hall–Kier alpha value is -3.49. The average molecular weight is 407 g/mol. The SMILES string of the molecule is CNc1cc(S(=O)(=O)O)cc2ccc(N=Nc3ccc4ccccc4c3)c(O)c12. The fraction of sp³-hybridized carbons (Fsp3) is 0.0476. The van der Waals surface area contributed by atoms with E-state index in [-0.39, 0.29) is 16.3 Å². The molecule has 4 aromatic carbocycles. The Balaban J connectivity index is 1.79. The third-order valence-corrected chi connectivity index (χ3v) is 5.45. The van der Waals surface area contributed by atoms with Crippen molar-refractivity contribution in [2.24, 2.45) is 10.2 Å². The molecule has 3 N–H and O–H groups in total. The second-order valence-corrected chi connectivity index (χ2v) is 7.88. The van der Waals surface area contributed by atoms with Crippen LogP contribution in [0.2, 0.25) is 0 Å². The van der Waals surface area contributed by atoms with Gasteiger partial charge in [-0.3, -0.25) is 4.55 Å². The van der Waals surface area contributed by atoms with E-state index < -0.39 is 10.1 Å². The second-order valence-electron chi connectivity index (χ2n) is 6.46. The summed E-state index contributed by atoms with van der Waals surface area (Å²) in [5.74, 6) is -0.140. The smallest absolute Gasteiger partial charge is 0.294 e. The minimum absolute atomic E-state index is 0.140. The molecule has 8 heteroatoms. The molecule has 4 rings (SSSR count). The van der Waals surface area contributed by atoms with Crippen LogP contribution in [0.3, 0.4) is 0 Å². The van der Waals surface area contributed by atoms with Crippen molar-refractivity contribution in [1.29, 1.82) is 0 Å². The van der Waals surface area contributed by atoms with Gasteiger partial charge in [-0.15, -0.1) is 5.11 Å². The van der Waals surface area contributed by atoms with Crippen molar-refractivity contribution in [3.63, 3.8) is 0 Å². The van der Waals surface area contributed by atoms with Gasteiger partial charge in [-0.2, -0.15) is 13.5 Å². The lowest BCUT2D eigenvalue weighted by Crippen LogP contribution is -2.00. The molecular weight excluding hydrogens is 390 g/mol. The van der Waals surface area contributed by atoms with E-state index in [2.05, 4.69) is 15.5 Å². The number of benzene rings is 4. The highest BCUT2D eigenvalue weighted by Crippen LogP contribution is 2.41. The molecule has 29 heavy (non-hydrogen) atoms. The molecule has 0 aliphatic rings. The quantitative estimate of drug-likeness (QED) is 0.310. The summed E-state index contributed by atoms with van der Waals surface area (Å²) in [6.07, 6.45) is 0.